The number of carbonyl (C=O) groups excluding carboxylic acids is 2. The molecule has 0 saturated heterocycles. The summed E-state index contributed by atoms with van der Waals surface area (Å²) in [5, 5.41) is 25.9. The van der Waals surface area contributed by atoms with Gasteiger partial charge in [0.25, 0.3) is 0 Å². The molecule has 2 heterocycles. The van der Waals surface area contributed by atoms with Crippen molar-refractivity contribution in [1.29, 1.82) is 10.5 Å². The van der Waals surface area contributed by atoms with Crippen LogP contribution in [0.5, 0.6) is 0 Å². The zero-order chi connectivity index (χ0) is 21.1. The molecule has 0 radical (unpaired) electrons. The third-order valence-corrected chi connectivity index (χ3v) is 8.07. The van der Waals surface area contributed by atoms with Gasteiger partial charge in [0, 0.05) is 22.6 Å². The minimum absolute atomic E-state index is 0.0340. The van der Waals surface area contributed by atoms with E-state index in [1.807, 2.05) is 0 Å². The van der Waals surface area contributed by atoms with E-state index < -0.39 is 0 Å². The fraction of sp³-hybridized carbons (Fsp3) is 0.455. The highest BCUT2D eigenvalue weighted by Gasteiger charge is 2.23. The summed E-state index contributed by atoms with van der Waals surface area (Å²) in [4.78, 5) is 27.2. The molecule has 2 aliphatic rings. The van der Waals surface area contributed by atoms with E-state index in [-0.39, 0.29) is 24.7 Å². The van der Waals surface area contributed by atoms with Gasteiger partial charge in [-0.3, -0.25) is 9.59 Å². The number of nitrogens with zero attached hydrogens (tertiary/aromatic N) is 2. The molecule has 0 atom stereocenters. The number of fused-ring (bicyclic) bond motifs is 2. The van der Waals surface area contributed by atoms with E-state index >= 15 is 0 Å². The highest BCUT2D eigenvalue weighted by molar-refractivity contribution is 7.17. The Hall–Kier alpha value is -2.68. The maximum atomic E-state index is 12.4. The van der Waals surface area contributed by atoms with Gasteiger partial charge < -0.3 is 10.6 Å². The molecular formula is C22H22N4O2S2. The van der Waals surface area contributed by atoms with Crippen LogP contribution in [-0.4, -0.2) is 11.8 Å². The molecule has 0 aromatic carbocycles. The normalized spacial score (nSPS) is 14.7. The largest absolute Gasteiger partial charge is 0.317 e. The van der Waals surface area contributed by atoms with Gasteiger partial charge >= 0.3 is 0 Å². The van der Waals surface area contributed by atoms with E-state index in [0.717, 1.165) is 62.5 Å². The van der Waals surface area contributed by atoms with E-state index in [9.17, 15) is 20.1 Å². The average Bonchev–Trinajstić information content (AvgIpc) is 3.28. The Balaban J connectivity index is 1.36. The number of nitriles is 2. The molecule has 2 aromatic heterocycles. The topological polar surface area (TPSA) is 106 Å². The molecule has 0 saturated carbocycles. The monoisotopic (exact) mass is 438 g/mol. The predicted molar refractivity (Wildman–Crippen MR) is 118 cm³/mol. The molecule has 2 N–H and O–H groups in total. The first-order valence-electron chi connectivity index (χ1n) is 10.3. The third kappa shape index (κ3) is 4.12. The molecule has 6 nitrogen and oxygen atoms in total. The van der Waals surface area contributed by atoms with Crippen LogP contribution < -0.4 is 10.6 Å². The van der Waals surface area contributed by atoms with Crippen molar-refractivity contribution in [2.75, 3.05) is 10.6 Å². The Morgan fingerprint density at radius 3 is 1.53 bits per heavy atom. The van der Waals surface area contributed by atoms with Crippen molar-refractivity contribution in [2.24, 2.45) is 0 Å². The van der Waals surface area contributed by atoms with Gasteiger partial charge in [0.05, 0.1) is 11.1 Å². The number of hydrogen-bond acceptors (Lipinski definition) is 6. The number of rotatable bonds is 5. The first-order valence-corrected chi connectivity index (χ1v) is 11.9. The number of anilines is 2. The summed E-state index contributed by atoms with van der Waals surface area (Å²) in [7, 11) is 0. The highest BCUT2D eigenvalue weighted by Crippen LogP contribution is 2.38. The Morgan fingerprint density at radius 1 is 0.733 bits per heavy atom. The van der Waals surface area contributed by atoms with Crippen molar-refractivity contribution < 1.29 is 9.59 Å². The lowest BCUT2D eigenvalue weighted by Gasteiger charge is -2.09. The van der Waals surface area contributed by atoms with Crippen molar-refractivity contribution in [3.8, 4) is 12.1 Å². The summed E-state index contributed by atoms with van der Waals surface area (Å²) in [6, 6.07) is 4.46. The lowest BCUT2D eigenvalue weighted by Crippen LogP contribution is -2.17. The van der Waals surface area contributed by atoms with Crippen molar-refractivity contribution in [3.63, 3.8) is 0 Å². The lowest BCUT2D eigenvalue weighted by atomic mass is 9.96. The number of carbonyl (C=O) groups is 2. The summed E-state index contributed by atoms with van der Waals surface area (Å²) in [6.07, 6.45) is 8.13. The van der Waals surface area contributed by atoms with Crippen LogP contribution in [0, 0.1) is 22.7 Å². The van der Waals surface area contributed by atoms with Crippen LogP contribution in [0.4, 0.5) is 10.0 Å². The zero-order valence-corrected chi connectivity index (χ0v) is 18.2. The van der Waals surface area contributed by atoms with Crippen LogP contribution in [0.15, 0.2) is 0 Å². The van der Waals surface area contributed by atoms with Crippen molar-refractivity contribution in [1.82, 2.24) is 0 Å². The Labute approximate surface area is 183 Å². The molecule has 0 fully saturated rings. The van der Waals surface area contributed by atoms with Gasteiger partial charge in [-0.25, -0.2) is 0 Å². The van der Waals surface area contributed by atoms with Gasteiger partial charge in [-0.2, -0.15) is 10.5 Å². The van der Waals surface area contributed by atoms with E-state index in [1.54, 1.807) is 0 Å². The third-order valence-electron chi connectivity index (χ3n) is 5.65. The van der Waals surface area contributed by atoms with Crippen LogP contribution in [0.1, 0.15) is 70.5 Å². The molecule has 8 heteroatoms. The van der Waals surface area contributed by atoms with Crippen LogP contribution in [0.2, 0.25) is 0 Å². The molecule has 4 rings (SSSR count). The standard InChI is InChI=1S/C22H22N4O2S2/c23-11-15-13-5-1-3-7-17(13)29-21(15)25-19(27)9-10-20(28)26-22-16(12-24)14-6-2-4-8-18(14)30-22/h1-10H2,(H,25,27)(H,26,28). The summed E-state index contributed by atoms with van der Waals surface area (Å²) < 4.78 is 0. The average molecular weight is 439 g/mol. The quantitative estimate of drug-likeness (QED) is 0.707. The minimum atomic E-state index is -0.272. The molecule has 2 amide bonds. The van der Waals surface area contributed by atoms with E-state index in [4.69, 9.17) is 0 Å². The van der Waals surface area contributed by atoms with Gasteiger partial charge in [-0.05, 0) is 62.5 Å². The maximum absolute atomic E-state index is 12.4. The molecule has 2 aliphatic carbocycles. The molecule has 2 aromatic rings. The second-order valence-electron chi connectivity index (χ2n) is 7.65. The predicted octanol–water partition coefficient (Wildman–Crippen LogP) is 4.67. The Bertz CT molecular complexity index is 998. The molecule has 0 spiro atoms. The number of nitrogens with one attached hydrogen (secondary N) is 2. The number of aryl methyl sites for hydroxylation is 2. The maximum Gasteiger partial charge on any atom is 0.225 e. The fourth-order valence-electron chi connectivity index (χ4n) is 4.15. The number of hydrogen-bond donors (Lipinski definition) is 2. The first kappa shape index (κ1) is 20.6. The highest BCUT2D eigenvalue weighted by atomic mass is 32.1. The molecule has 0 unspecified atom stereocenters. The van der Waals surface area contributed by atoms with E-state index in [1.165, 1.54) is 32.4 Å². The summed E-state index contributed by atoms with van der Waals surface area (Å²) in [6.45, 7) is 0. The van der Waals surface area contributed by atoms with Gasteiger partial charge in [0.15, 0.2) is 0 Å². The number of amides is 2. The smallest absolute Gasteiger partial charge is 0.225 e. The second kappa shape index (κ2) is 8.99. The van der Waals surface area contributed by atoms with Crippen LogP contribution >= 0.6 is 22.7 Å². The van der Waals surface area contributed by atoms with Gasteiger partial charge in [-0.1, -0.05) is 0 Å². The van der Waals surface area contributed by atoms with Gasteiger partial charge in [0.2, 0.25) is 11.8 Å². The van der Waals surface area contributed by atoms with Gasteiger partial charge in [-0.15, -0.1) is 22.7 Å². The van der Waals surface area contributed by atoms with E-state index in [2.05, 4.69) is 22.8 Å². The SMILES string of the molecule is N#Cc1c(NC(=O)CCC(=O)Nc2sc3c(c2C#N)CCCC3)sc2c1CCCC2. The van der Waals surface area contributed by atoms with Crippen LogP contribution in [0.3, 0.4) is 0 Å². The lowest BCUT2D eigenvalue weighted by molar-refractivity contribution is -0.121. The molecular weight excluding hydrogens is 416 g/mol. The van der Waals surface area contributed by atoms with E-state index in [0.29, 0.717) is 21.1 Å². The number of thiophene rings is 2. The fourth-order valence-corrected chi connectivity index (χ4v) is 6.66. The van der Waals surface area contributed by atoms with Gasteiger partial charge in [0.1, 0.15) is 22.1 Å². The summed E-state index contributed by atoms with van der Waals surface area (Å²) in [5.74, 6) is -0.544. The van der Waals surface area contributed by atoms with Crippen molar-refractivity contribution >= 4 is 44.5 Å². The summed E-state index contributed by atoms with van der Waals surface area (Å²) >= 11 is 2.97. The first-order chi connectivity index (χ1) is 14.6. The molecule has 0 aliphatic heterocycles. The molecule has 0 bridgehead atoms. The minimum Gasteiger partial charge on any atom is -0.317 e. The van der Waals surface area contributed by atoms with Crippen LogP contribution in [0.25, 0.3) is 0 Å². The van der Waals surface area contributed by atoms with Crippen molar-refractivity contribution in [2.45, 2.75) is 64.2 Å². The zero-order valence-electron chi connectivity index (χ0n) is 16.6. The Kier molecular flexibility index (Phi) is 6.17. The van der Waals surface area contributed by atoms with Crippen LogP contribution in [-0.2, 0) is 35.3 Å². The summed E-state index contributed by atoms with van der Waals surface area (Å²) in [5.41, 5.74) is 3.31. The molecule has 30 heavy (non-hydrogen) atoms. The second-order valence-corrected chi connectivity index (χ2v) is 9.86. The Morgan fingerprint density at radius 2 is 1.13 bits per heavy atom. The molecule has 154 valence electrons. The van der Waals surface area contributed by atoms with Crippen molar-refractivity contribution in [3.05, 3.63) is 32.0 Å².